The van der Waals surface area contributed by atoms with Crippen molar-refractivity contribution in [1.29, 1.82) is 0 Å². The number of methoxy groups -OCH3 is 1. The maximum Gasteiger partial charge on any atom is 0.303 e. The lowest BCUT2D eigenvalue weighted by Gasteiger charge is -2.39. The van der Waals surface area contributed by atoms with E-state index < -0.39 is 5.60 Å². The number of nitrogen functional groups attached to an aromatic ring is 1. The van der Waals surface area contributed by atoms with E-state index in [1.54, 1.807) is 7.11 Å². The van der Waals surface area contributed by atoms with E-state index in [-0.39, 0.29) is 29.8 Å². The molecule has 6 rings (SSSR count). The van der Waals surface area contributed by atoms with Gasteiger partial charge >= 0.3 is 5.97 Å². The highest BCUT2D eigenvalue weighted by Gasteiger charge is 2.44. The largest absolute Gasteiger partial charge is 0.495 e. The van der Waals surface area contributed by atoms with Crippen molar-refractivity contribution >= 4 is 34.4 Å². The van der Waals surface area contributed by atoms with Crippen LogP contribution in [0.15, 0.2) is 54.9 Å². The van der Waals surface area contributed by atoms with Crippen LogP contribution >= 0.6 is 0 Å². The minimum atomic E-state index is -0.550. The van der Waals surface area contributed by atoms with Crippen LogP contribution in [0.5, 0.6) is 5.75 Å². The third-order valence-corrected chi connectivity index (χ3v) is 8.78. The molecule has 2 aromatic heterocycles. The minimum Gasteiger partial charge on any atom is -0.495 e. The second-order valence-electron chi connectivity index (χ2n) is 11.6. The molecule has 1 amide bonds. The molecule has 0 aliphatic heterocycles. The van der Waals surface area contributed by atoms with Crippen LogP contribution in [0.25, 0.3) is 22.3 Å². The first kappa shape index (κ1) is 28.6. The Bertz CT molecular complexity index is 1650. The summed E-state index contributed by atoms with van der Waals surface area (Å²) in [7, 11) is 1.57. The number of amides is 1. The summed E-state index contributed by atoms with van der Waals surface area (Å²) in [6.45, 7) is 1.89. The maximum absolute atomic E-state index is 13.1. The summed E-state index contributed by atoms with van der Waals surface area (Å²) in [5, 5.41) is 8.72. The Hall–Kier alpha value is -4.51. The molecule has 0 radical (unpaired) electrons. The molecule has 11 heteroatoms. The van der Waals surface area contributed by atoms with Gasteiger partial charge in [0.15, 0.2) is 5.65 Å². The molecule has 43 heavy (non-hydrogen) atoms. The number of carbonyl (C=O) groups excluding carboxylic acids is 2. The third kappa shape index (κ3) is 5.64. The van der Waals surface area contributed by atoms with Crippen LogP contribution in [0, 0.1) is 5.92 Å². The number of nitrogens with two attached hydrogens (primary N) is 2. The van der Waals surface area contributed by atoms with Crippen LogP contribution < -0.4 is 21.5 Å². The van der Waals surface area contributed by atoms with Gasteiger partial charge in [-0.05, 0) is 68.7 Å². The van der Waals surface area contributed by atoms with Gasteiger partial charge in [-0.15, -0.1) is 0 Å². The van der Waals surface area contributed by atoms with Crippen LogP contribution in [-0.2, 0) is 14.3 Å². The molecule has 4 aromatic rings. The molecule has 2 aromatic carbocycles. The molecule has 0 saturated heterocycles. The molecule has 2 heterocycles. The maximum atomic E-state index is 13.1. The summed E-state index contributed by atoms with van der Waals surface area (Å²) < 4.78 is 13.4. The van der Waals surface area contributed by atoms with Crippen molar-refractivity contribution in [3.05, 3.63) is 60.4 Å². The number of carbonyl (C=O) groups is 2. The number of esters is 1. The van der Waals surface area contributed by atoms with Crippen molar-refractivity contribution in [2.45, 2.75) is 63.0 Å². The predicted molar refractivity (Wildman–Crippen MR) is 163 cm³/mol. The Morgan fingerprint density at radius 1 is 1.12 bits per heavy atom. The summed E-state index contributed by atoms with van der Waals surface area (Å²) in [6.07, 6.45) is 5.74. The summed E-state index contributed by atoms with van der Waals surface area (Å²) >= 11 is 0. The second kappa shape index (κ2) is 11.6. The normalized spacial score (nSPS) is 23.1. The number of rotatable bonds is 9. The lowest BCUT2D eigenvalue weighted by molar-refractivity contribution is -0.162. The minimum absolute atomic E-state index is 0.0240. The number of hydrogen-bond acceptors (Lipinski definition) is 9. The average molecular weight is 584 g/mol. The molecule has 0 bridgehead atoms. The smallest absolute Gasteiger partial charge is 0.303 e. The lowest BCUT2D eigenvalue weighted by atomic mass is 9.80. The van der Waals surface area contributed by atoms with Gasteiger partial charge < -0.3 is 26.3 Å². The Morgan fingerprint density at radius 2 is 1.88 bits per heavy atom. The predicted octanol–water partition coefficient (Wildman–Crippen LogP) is 4.59. The zero-order valence-electron chi connectivity index (χ0n) is 24.5. The Balaban J connectivity index is 1.26. The van der Waals surface area contributed by atoms with Gasteiger partial charge in [0.25, 0.3) is 0 Å². The van der Waals surface area contributed by atoms with Gasteiger partial charge in [-0.3, -0.25) is 9.59 Å². The summed E-state index contributed by atoms with van der Waals surface area (Å²) in [5.41, 5.74) is 15.5. The van der Waals surface area contributed by atoms with Gasteiger partial charge in [-0.25, -0.2) is 14.6 Å². The molecule has 2 saturated carbocycles. The van der Waals surface area contributed by atoms with Crippen LogP contribution in [0.2, 0.25) is 0 Å². The van der Waals surface area contributed by atoms with Gasteiger partial charge in [0, 0.05) is 18.4 Å². The fraction of sp³-hybridized carbons (Fsp3) is 0.406. The van der Waals surface area contributed by atoms with Crippen molar-refractivity contribution < 1.29 is 19.1 Å². The number of hydrogen-bond donors (Lipinski definition) is 3. The van der Waals surface area contributed by atoms with E-state index in [1.165, 1.54) is 18.8 Å². The SMILES string of the molecule is COc1cc(-c2nn(C3CCC(CCN)(OC(C)=O)CC3)c3ncnc(N)c23)ccc1NC(=O)[C@@H]1C[C@H]1c1ccccc1. The van der Waals surface area contributed by atoms with Gasteiger partial charge in [-0.1, -0.05) is 36.4 Å². The van der Waals surface area contributed by atoms with Crippen molar-refractivity contribution in [3.63, 3.8) is 0 Å². The number of anilines is 2. The number of nitrogens with zero attached hydrogens (tertiary/aromatic N) is 4. The summed E-state index contributed by atoms with van der Waals surface area (Å²) in [6, 6.07) is 15.7. The van der Waals surface area contributed by atoms with E-state index in [1.807, 2.05) is 41.1 Å². The third-order valence-electron chi connectivity index (χ3n) is 8.78. The first-order chi connectivity index (χ1) is 20.8. The molecule has 2 atom stereocenters. The lowest BCUT2D eigenvalue weighted by Crippen LogP contribution is -2.41. The molecule has 2 fully saturated rings. The molecule has 2 aliphatic carbocycles. The van der Waals surface area contributed by atoms with E-state index in [0.29, 0.717) is 59.8 Å². The monoisotopic (exact) mass is 583 g/mol. The van der Waals surface area contributed by atoms with Crippen molar-refractivity contribution in [2.75, 3.05) is 24.7 Å². The first-order valence-electron chi connectivity index (χ1n) is 14.7. The van der Waals surface area contributed by atoms with E-state index in [2.05, 4.69) is 27.4 Å². The Morgan fingerprint density at radius 3 is 2.58 bits per heavy atom. The molecule has 2 aliphatic rings. The molecule has 5 N–H and O–H groups in total. The molecule has 0 unspecified atom stereocenters. The fourth-order valence-corrected chi connectivity index (χ4v) is 6.52. The summed E-state index contributed by atoms with van der Waals surface area (Å²) in [4.78, 5) is 33.7. The highest BCUT2D eigenvalue weighted by molar-refractivity contribution is 6.00. The summed E-state index contributed by atoms with van der Waals surface area (Å²) in [5.74, 6) is 0.704. The van der Waals surface area contributed by atoms with Gasteiger partial charge in [0.1, 0.15) is 29.2 Å². The van der Waals surface area contributed by atoms with Gasteiger partial charge in [0.05, 0.1) is 24.2 Å². The molecular weight excluding hydrogens is 546 g/mol. The van der Waals surface area contributed by atoms with Crippen LogP contribution in [0.4, 0.5) is 11.5 Å². The topological polar surface area (TPSA) is 160 Å². The van der Waals surface area contributed by atoms with Crippen LogP contribution in [0.3, 0.4) is 0 Å². The Labute approximate surface area is 250 Å². The number of benzene rings is 2. The molecule has 224 valence electrons. The number of fused-ring (bicyclic) bond motifs is 1. The highest BCUT2D eigenvalue weighted by Crippen LogP contribution is 2.48. The molecule has 0 spiro atoms. The average Bonchev–Trinajstić information content (AvgIpc) is 3.72. The quantitative estimate of drug-likeness (QED) is 0.239. The van der Waals surface area contributed by atoms with Gasteiger partial charge in [-0.2, -0.15) is 5.10 Å². The van der Waals surface area contributed by atoms with Crippen LogP contribution in [0.1, 0.15) is 63.0 Å². The van der Waals surface area contributed by atoms with Crippen molar-refractivity contribution in [1.82, 2.24) is 19.7 Å². The standard InChI is InChI=1S/C32H37N7O4/c1-19(40)43-32(14-15-33)12-10-22(11-13-32)39-30-27(29(34)35-18-36-30)28(38-39)21-8-9-25(26(16-21)42-2)37-31(41)24-17-23(24)20-6-4-3-5-7-20/h3-9,16,18,22-24H,10-15,17,33H2,1-2H3,(H,37,41)(H2,34,35,36)/t22?,23-,24+,32?/m0/s1. The van der Waals surface area contributed by atoms with E-state index in [4.69, 9.17) is 26.0 Å². The van der Waals surface area contributed by atoms with Gasteiger partial charge in [0.2, 0.25) is 5.91 Å². The number of ether oxygens (including phenoxy) is 2. The Kier molecular flexibility index (Phi) is 7.74. The van der Waals surface area contributed by atoms with Crippen molar-refractivity contribution in [2.24, 2.45) is 11.7 Å². The van der Waals surface area contributed by atoms with Crippen molar-refractivity contribution in [3.8, 4) is 17.0 Å². The van der Waals surface area contributed by atoms with E-state index in [0.717, 1.165) is 24.8 Å². The van der Waals surface area contributed by atoms with E-state index >= 15 is 0 Å². The van der Waals surface area contributed by atoms with E-state index in [9.17, 15) is 9.59 Å². The fourth-order valence-electron chi connectivity index (χ4n) is 6.52. The van der Waals surface area contributed by atoms with Crippen LogP contribution in [-0.4, -0.2) is 50.9 Å². The zero-order valence-corrected chi connectivity index (χ0v) is 24.5. The number of nitrogens with one attached hydrogen (secondary N) is 1. The first-order valence-corrected chi connectivity index (χ1v) is 14.7. The second-order valence-corrected chi connectivity index (χ2v) is 11.6. The molecular formula is C32H37N7O4. The molecule has 11 nitrogen and oxygen atoms in total. The zero-order chi connectivity index (χ0) is 30.1. The number of aromatic nitrogens is 4. The highest BCUT2D eigenvalue weighted by atomic mass is 16.6.